The van der Waals surface area contributed by atoms with Gasteiger partial charge in [-0.2, -0.15) is 0 Å². The Morgan fingerprint density at radius 3 is 2.93 bits per heavy atom. The molecule has 1 aliphatic heterocycles. The number of rotatable bonds is 2. The molecular weight excluding hydrogens is 206 g/mol. The van der Waals surface area contributed by atoms with Crippen LogP contribution in [0.1, 0.15) is 24.5 Å². The maximum absolute atomic E-state index is 6.13. The van der Waals surface area contributed by atoms with E-state index in [1.54, 1.807) is 0 Å². The van der Waals surface area contributed by atoms with Crippen molar-refractivity contribution in [2.24, 2.45) is 5.41 Å². The Hall–Kier alpha value is -0.530. The Balaban J connectivity index is 2.20. The van der Waals surface area contributed by atoms with Gasteiger partial charge in [0.2, 0.25) is 0 Å². The van der Waals surface area contributed by atoms with E-state index in [9.17, 15) is 0 Å². The van der Waals surface area contributed by atoms with Crippen molar-refractivity contribution in [1.82, 2.24) is 5.32 Å². The molecule has 1 atom stereocenters. The minimum atomic E-state index is 0.412. The highest BCUT2D eigenvalue weighted by molar-refractivity contribution is 6.31. The van der Waals surface area contributed by atoms with Crippen LogP contribution in [-0.2, 0) is 6.42 Å². The first-order valence-electron chi connectivity index (χ1n) is 5.55. The topological polar surface area (TPSA) is 12.0 Å². The average molecular weight is 224 g/mol. The molecule has 1 saturated heterocycles. The molecule has 82 valence electrons. The molecule has 1 fully saturated rings. The van der Waals surface area contributed by atoms with Gasteiger partial charge in [0.25, 0.3) is 0 Å². The molecule has 1 aliphatic rings. The summed E-state index contributed by atoms with van der Waals surface area (Å²) in [5.41, 5.74) is 3.05. The second-order valence-electron chi connectivity index (χ2n) is 4.94. The van der Waals surface area contributed by atoms with Crippen molar-refractivity contribution in [3.8, 4) is 0 Å². The van der Waals surface area contributed by atoms with E-state index in [0.717, 1.165) is 24.5 Å². The number of nitrogens with one attached hydrogen (secondary N) is 1. The van der Waals surface area contributed by atoms with E-state index in [2.05, 4.69) is 31.3 Å². The lowest BCUT2D eigenvalue weighted by Crippen LogP contribution is -2.23. The van der Waals surface area contributed by atoms with Crippen LogP contribution >= 0.6 is 11.6 Å². The third-order valence-corrected chi connectivity index (χ3v) is 3.86. The summed E-state index contributed by atoms with van der Waals surface area (Å²) >= 11 is 6.13. The second kappa shape index (κ2) is 4.15. The number of hydrogen-bond acceptors (Lipinski definition) is 1. The van der Waals surface area contributed by atoms with Gasteiger partial charge in [-0.15, -0.1) is 0 Å². The fourth-order valence-corrected chi connectivity index (χ4v) is 2.52. The highest BCUT2D eigenvalue weighted by Gasteiger charge is 2.29. The van der Waals surface area contributed by atoms with Crippen molar-refractivity contribution in [1.29, 1.82) is 0 Å². The van der Waals surface area contributed by atoms with Crippen LogP contribution in [0.2, 0.25) is 5.02 Å². The van der Waals surface area contributed by atoms with Gasteiger partial charge in [0.1, 0.15) is 0 Å². The Kier molecular flexibility index (Phi) is 3.03. The standard InChI is InChI=1S/C13H18ClN/c1-10-11(4-3-5-12(10)14)8-13(2)6-7-15-9-13/h3-5,15H,6-9H2,1-2H3. The Morgan fingerprint density at radius 1 is 1.47 bits per heavy atom. The van der Waals surface area contributed by atoms with Crippen LogP contribution < -0.4 is 5.32 Å². The quantitative estimate of drug-likeness (QED) is 0.812. The Bertz CT molecular complexity index is 354. The number of halogens is 1. The summed E-state index contributed by atoms with van der Waals surface area (Å²) in [5.74, 6) is 0. The smallest absolute Gasteiger partial charge is 0.0437 e. The molecule has 15 heavy (non-hydrogen) atoms. The zero-order chi connectivity index (χ0) is 10.9. The third kappa shape index (κ3) is 2.35. The van der Waals surface area contributed by atoms with E-state index in [0.29, 0.717) is 5.41 Å². The lowest BCUT2D eigenvalue weighted by atomic mass is 9.82. The molecule has 0 spiro atoms. The largest absolute Gasteiger partial charge is 0.316 e. The summed E-state index contributed by atoms with van der Waals surface area (Å²) in [5, 5.41) is 4.32. The summed E-state index contributed by atoms with van der Waals surface area (Å²) in [6.45, 7) is 6.74. The van der Waals surface area contributed by atoms with E-state index >= 15 is 0 Å². The predicted molar refractivity (Wildman–Crippen MR) is 65.5 cm³/mol. The number of hydrogen-bond donors (Lipinski definition) is 1. The molecule has 0 aliphatic carbocycles. The Labute approximate surface area is 96.8 Å². The molecule has 1 N–H and O–H groups in total. The van der Waals surface area contributed by atoms with Gasteiger partial charge in [-0.05, 0) is 48.9 Å². The molecule has 1 nitrogen and oxygen atoms in total. The van der Waals surface area contributed by atoms with Gasteiger partial charge in [0, 0.05) is 11.6 Å². The van der Waals surface area contributed by atoms with Crippen molar-refractivity contribution in [2.45, 2.75) is 26.7 Å². The average Bonchev–Trinajstić information content (AvgIpc) is 2.60. The van der Waals surface area contributed by atoms with Crippen LogP contribution in [0.4, 0.5) is 0 Å². The van der Waals surface area contributed by atoms with Crippen molar-refractivity contribution in [3.05, 3.63) is 34.3 Å². The molecule has 0 amide bonds. The first-order valence-corrected chi connectivity index (χ1v) is 5.93. The van der Waals surface area contributed by atoms with E-state index < -0.39 is 0 Å². The zero-order valence-electron chi connectivity index (χ0n) is 9.44. The molecule has 0 bridgehead atoms. The molecule has 1 unspecified atom stereocenters. The van der Waals surface area contributed by atoms with Crippen LogP contribution in [0.15, 0.2) is 18.2 Å². The first-order chi connectivity index (χ1) is 7.11. The van der Waals surface area contributed by atoms with E-state index in [1.165, 1.54) is 17.5 Å². The SMILES string of the molecule is Cc1c(Cl)cccc1CC1(C)CCNC1. The van der Waals surface area contributed by atoms with Crippen LogP contribution in [-0.4, -0.2) is 13.1 Å². The molecule has 2 heteroatoms. The minimum Gasteiger partial charge on any atom is -0.316 e. The fourth-order valence-electron chi connectivity index (χ4n) is 2.32. The van der Waals surface area contributed by atoms with Crippen molar-refractivity contribution in [2.75, 3.05) is 13.1 Å². The maximum atomic E-state index is 6.13. The molecule has 1 aromatic rings. The first kappa shape index (κ1) is 11.0. The summed E-state index contributed by atoms with van der Waals surface area (Å²) in [6, 6.07) is 6.22. The van der Waals surface area contributed by atoms with Gasteiger partial charge in [-0.25, -0.2) is 0 Å². The molecule has 2 rings (SSSR count). The molecular formula is C13H18ClN. The summed E-state index contributed by atoms with van der Waals surface area (Å²) in [4.78, 5) is 0. The lowest BCUT2D eigenvalue weighted by molar-refractivity contribution is 0.362. The highest BCUT2D eigenvalue weighted by Crippen LogP contribution is 2.31. The van der Waals surface area contributed by atoms with E-state index in [4.69, 9.17) is 11.6 Å². The van der Waals surface area contributed by atoms with Crippen LogP contribution in [0.25, 0.3) is 0 Å². The predicted octanol–water partition coefficient (Wildman–Crippen LogP) is 3.19. The molecule has 0 aromatic heterocycles. The van der Waals surface area contributed by atoms with Crippen molar-refractivity contribution >= 4 is 11.6 Å². The van der Waals surface area contributed by atoms with Gasteiger partial charge < -0.3 is 5.32 Å². The monoisotopic (exact) mass is 223 g/mol. The van der Waals surface area contributed by atoms with Crippen molar-refractivity contribution in [3.63, 3.8) is 0 Å². The Morgan fingerprint density at radius 2 is 2.27 bits per heavy atom. The van der Waals surface area contributed by atoms with Gasteiger partial charge in [-0.3, -0.25) is 0 Å². The molecule has 0 radical (unpaired) electrons. The highest BCUT2D eigenvalue weighted by atomic mass is 35.5. The normalized spacial score (nSPS) is 25.8. The maximum Gasteiger partial charge on any atom is 0.0437 e. The van der Waals surface area contributed by atoms with Gasteiger partial charge in [0.15, 0.2) is 0 Å². The molecule has 0 saturated carbocycles. The van der Waals surface area contributed by atoms with Crippen LogP contribution in [0, 0.1) is 12.3 Å². The van der Waals surface area contributed by atoms with Gasteiger partial charge >= 0.3 is 0 Å². The van der Waals surface area contributed by atoms with Crippen molar-refractivity contribution < 1.29 is 0 Å². The zero-order valence-corrected chi connectivity index (χ0v) is 10.2. The third-order valence-electron chi connectivity index (χ3n) is 3.45. The van der Waals surface area contributed by atoms with Crippen LogP contribution in [0.3, 0.4) is 0 Å². The van der Waals surface area contributed by atoms with Crippen LogP contribution in [0.5, 0.6) is 0 Å². The van der Waals surface area contributed by atoms with Gasteiger partial charge in [-0.1, -0.05) is 30.7 Å². The molecule has 1 heterocycles. The summed E-state index contributed by atoms with van der Waals surface area (Å²) < 4.78 is 0. The number of benzene rings is 1. The summed E-state index contributed by atoms with van der Waals surface area (Å²) in [7, 11) is 0. The molecule has 1 aromatic carbocycles. The van der Waals surface area contributed by atoms with E-state index in [-0.39, 0.29) is 0 Å². The van der Waals surface area contributed by atoms with Gasteiger partial charge in [0.05, 0.1) is 0 Å². The fraction of sp³-hybridized carbons (Fsp3) is 0.538. The second-order valence-corrected chi connectivity index (χ2v) is 5.35. The lowest BCUT2D eigenvalue weighted by Gasteiger charge is -2.23. The summed E-state index contributed by atoms with van der Waals surface area (Å²) in [6.07, 6.45) is 2.39. The van der Waals surface area contributed by atoms with E-state index in [1.807, 2.05) is 6.07 Å². The minimum absolute atomic E-state index is 0.412.